The van der Waals surface area contributed by atoms with Crippen LogP contribution in [0, 0.1) is 12.7 Å². The van der Waals surface area contributed by atoms with E-state index in [0.29, 0.717) is 47.2 Å². The van der Waals surface area contributed by atoms with Crippen LogP contribution in [0.25, 0.3) is 11.1 Å². The highest BCUT2D eigenvalue weighted by atomic mass is 35.5. The lowest BCUT2D eigenvalue weighted by molar-refractivity contribution is -0.144. The molecule has 0 radical (unpaired) electrons. The highest BCUT2D eigenvalue weighted by Crippen LogP contribution is 2.46. The number of carbonyl (C=O) groups is 2. The second kappa shape index (κ2) is 14.4. The zero-order valence-corrected chi connectivity index (χ0v) is 27.2. The van der Waals surface area contributed by atoms with Gasteiger partial charge in [0.25, 0.3) is 5.56 Å². The minimum Gasteiger partial charge on any atom is -0.507 e. The fourth-order valence-electron chi connectivity index (χ4n) is 5.86. The van der Waals surface area contributed by atoms with Crippen LogP contribution in [0.5, 0.6) is 5.75 Å². The van der Waals surface area contributed by atoms with Crippen molar-refractivity contribution in [3.05, 3.63) is 121 Å². The molecular formula is C36H33ClF4N2O6. The van der Waals surface area contributed by atoms with Crippen molar-refractivity contribution >= 4 is 23.5 Å². The predicted octanol–water partition coefficient (Wildman–Crippen LogP) is 7.11. The van der Waals surface area contributed by atoms with Crippen molar-refractivity contribution < 1.29 is 42.1 Å². The first kappa shape index (κ1) is 35.6. The highest BCUT2D eigenvalue weighted by molar-refractivity contribution is 6.31. The van der Waals surface area contributed by atoms with E-state index in [2.05, 4.69) is 5.32 Å². The molecule has 13 heteroatoms. The lowest BCUT2D eigenvalue weighted by atomic mass is 9.90. The van der Waals surface area contributed by atoms with Gasteiger partial charge in [-0.15, -0.1) is 0 Å². The van der Waals surface area contributed by atoms with Gasteiger partial charge in [-0.3, -0.25) is 19.0 Å². The summed E-state index contributed by atoms with van der Waals surface area (Å²) in [4.78, 5) is 40.4. The molecule has 8 nitrogen and oxygen atoms in total. The number of carbonyl (C=O) groups excluding carboxylic acids is 2. The minimum absolute atomic E-state index is 0.0143. The van der Waals surface area contributed by atoms with Gasteiger partial charge >= 0.3 is 12.1 Å². The Hall–Kier alpha value is -4.68. The molecule has 49 heavy (non-hydrogen) atoms. The van der Waals surface area contributed by atoms with Crippen molar-refractivity contribution in [2.45, 2.75) is 63.9 Å². The summed E-state index contributed by atoms with van der Waals surface area (Å²) in [6.45, 7) is 2.84. The van der Waals surface area contributed by atoms with Crippen LogP contribution in [0.15, 0.2) is 71.7 Å². The Morgan fingerprint density at radius 1 is 1.08 bits per heavy atom. The van der Waals surface area contributed by atoms with Gasteiger partial charge < -0.3 is 20.3 Å². The SMILES string of the molecule is CCOC(=O)C[C@H](NC(=O)C(c1cc(CO)ccc1Cl)n1ccc(C(F)(F)F)cc1=O)c1cc(-c2c(C)cccc2O)cc(C2CC2)c1F. The maximum absolute atomic E-state index is 16.5. The monoisotopic (exact) mass is 700 g/mol. The number of nitrogens with zero attached hydrogens (tertiary/aromatic N) is 1. The molecule has 1 aliphatic rings. The van der Waals surface area contributed by atoms with Crippen LogP contribution in [-0.4, -0.2) is 33.3 Å². The largest absolute Gasteiger partial charge is 0.507 e. The number of halogens is 5. The van der Waals surface area contributed by atoms with Gasteiger partial charge in [0, 0.05) is 34.0 Å². The molecule has 1 unspecified atom stereocenters. The number of phenols is 1. The van der Waals surface area contributed by atoms with Crippen molar-refractivity contribution in [2.75, 3.05) is 6.61 Å². The maximum Gasteiger partial charge on any atom is 0.416 e. The van der Waals surface area contributed by atoms with E-state index in [9.17, 15) is 37.8 Å². The lowest BCUT2D eigenvalue weighted by Crippen LogP contribution is -2.40. The Morgan fingerprint density at radius 2 is 1.82 bits per heavy atom. The van der Waals surface area contributed by atoms with Gasteiger partial charge in [0.2, 0.25) is 5.91 Å². The normalized spacial score (nSPS) is 14.3. The molecule has 0 spiro atoms. The Balaban J connectivity index is 1.67. The van der Waals surface area contributed by atoms with Crippen LogP contribution in [0.2, 0.25) is 5.02 Å². The van der Waals surface area contributed by atoms with E-state index in [1.807, 2.05) is 0 Å². The summed E-state index contributed by atoms with van der Waals surface area (Å²) in [6.07, 6.45) is -3.20. The summed E-state index contributed by atoms with van der Waals surface area (Å²) in [5, 5.41) is 23.1. The molecule has 5 rings (SSSR count). The molecule has 0 bridgehead atoms. The number of pyridine rings is 1. The number of esters is 1. The number of aromatic hydroxyl groups is 1. The van der Waals surface area contributed by atoms with Crippen molar-refractivity contribution in [1.29, 1.82) is 0 Å². The Bertz CT molecular complexity index is 1940. The van der Waals surface area contributed by atoms with Crippen molar-refractivity contribution in [3.8, 4) is 16.9 Å². The number of alkyl halides is 3. The van der Waals surface area contributed by atoms with Gasteiger partial charge in [0.05, 0.1) is 31.2 Å². The van der Waals surface area contributed by atoms with E-state index in [1.54, 1.807) is 32.0 Å². The second-order valence-corrected chi connectivity index (χ2v) is 12.3. The van der Waals surface area contributed by atoms with E-state index in [1.165, 1.54) is 30.3 Å². The fourth-order valence-corrected chi connectivity index (χ4v) is 6.08. The number of nitrogens with one attached hydrogen (secondary N) is 1. The quantitative estimate of drug-likeness (QED) is 0.113. The summed E-state index contributed by atoms with van der Waals surface area (Å²) in [5.41, 5.74) is -0.419. The van der Waals surface area contributed by atoms with Crippen LogP contribution >= 0.6 is 11.6 Å². The summed E-state index contributed by atoms with van der Waals surface area (Å²) >= 11 is 6.47. The van der Waals surface area contributed by atoms with Gasteiger partial charge in [0.1, 0.15) is 17.6 Å². The molecule has 1 aromatic heterocycles. The van der Waals surface area contributed by atoms with Crippen LogP contribution in [-0.2, 0) is 27.1 Å². The number of benzene rings is 3. The molecule has 1 amide bonds. The minimum atomic E-state index is -4.84. The smallest absolute Gasteiger partial charge is 0.416 e. The third-order valence-electron chi connectivity index (χ3n) is 8.39. The molecule has 2 atom stereocenters. The second-order valence-electron chi connectivity index (χ2n) is 11.9. The number of aryl methyl sites for hydroxylation is 1. The van der Waals surface area contributed by atoms with Crippen molar-refractivity contribution in [3.63, 3.8) is 0 Å². The van der Waals surface area contributed by atoms with Gasteiger partial charge in [-0.1, -0.05) is 29.8 Å². The number of aliphatic hydroxyl groups is 1. The molecule has 1 aliphatic carbocycles. The topological polar surface area (TPSA) is 118 Å². The van der Waals surface area contributed by atoms with Gasteiger partial charge in [-0.05, 0) is 91.3 Å². The lowest BCUT2D eigenvalue weighted by Gasteiger charge is -2.26. The molecule has 4 aromatic rings. The van der Waals surface area contributed by atoms with Crippen LogP contribution in [0.4, 0.5) is 17.6 Å². The van der Waals surface area contributed by atoms with Crippen molar-refractivity contribution in [2.24, 2.45) is 0 Å². The van der Waals surface area contributed by atoms with Gasteiger partial charge in [-0.2, -0.15) is 13.2 Å². The van der Waals surface area contributed by atoms with Crippen LogP contribution in [0.3, 0.4) is 0 Å². The first-order valence-corrected chi connectivity index (χ1v) is 15.9. The van der Waals surface area contributed by atoms with E-state index in [-0.39, 0.29) is 40.0 Å². The number of phenolic OH excluding ortho intramolecular Hbond substituents is 1. The van der Waals surface area contributed by atoms with E-state index in [0.717, 1.165) is 10.8 Å². The summed E-state index contributed by atoms with van der Waals surface area (Å²) < 4.78 is 62.7. The third-order valence-corrected chi connectivity index (χ3v) is 8.74. The number of ether oxygens (including phenoxy) is 1. The Morgan fingerprint density at radius 3 is 2.43 bits per heavy atom. The molecule has 1 heterocycles. The first-order valence-electron chi connectivity index (χ1n) is 15.5. The average molecular weight is 701 g/mol. The summed E-state index contributed by atoms with van der Waals surface area (Å²) in [6, 6.07) is 9.94. The molecule has 0 saturated heterocycles. The van der Waals surface area contributed by atoms with Gasteiger partial charge in [-0.25, -0.2) is 4.39 Å². The third kappa shape index (κ3) is 7.81. The number of rotatable bonds is 11. The Labute approximate surface area is 283 Å². The fraction of sp³-hybridized carbons (Fsp3) is 0.306. The number of amides is 1. The predicted molar refractivity (Wildman–Crippen MR) is 174 cm³/mol. The highest BCUT2D eigenvalue weighted by Gasteiger charge is 2.36. The number of aliphatic hydroxyl groups excluding tert-OH is 1. The number of hydrogen-bond donors (Lipinski definition) is 3. The van der Waals surface area contributed by atoms with Gasteiger partial charge in [0.15, 0.2) is 0 Å². The van der Waals surface area contributed by atoms with E-state index < -0.39 is 60.1 Å². The summed E-state index contributed by atoms with van der Waals surface area (Å²) in [7, 11) is 0. The van der Waals surface area contributed by atoms with Crippen molar-refractivity contribution in [1.82, 2.24) is 9.88 Å². The first-order chi connectivity index (χ1) is 23.2. The molecule has 1 fully saturated rings. The molecule has 0 aliphatic heterocycles. The number of hydrogen-bond acceptors (Lipinski definition) is 6. The Kier molecular flexibility index (Phi) is 10.5. The van der Waals surface area contributed by atoms with E-state index >= 15 is 4.39 Å². The maximum atomic E-state index is 16.5. The zero-order valence-electron chi connectivity index (χ0n) is 26.5. The molecule has 258 valence electrons. The summed E-state index contributed by atoms with van der Waals surface area (Å²) in [5.74, 6) is -2.68. The van der Waals surface area contributed by atoms with Crippen LogP contribution < -0.4 is 10.9 Å². The number of aromatic nitrogens is 1. The average Bonchev–Trinajstić information content (AvgIpc) is 3.88. The molecular weight excluding hydrogens is 668 g/mol. The molecule has 3 N–H and O–H groups in total. The van der Waals surface area contributed by atoms with E-state index in [4.69, 9.17) is 16.3 Å². The standard InChI is InChI=1S/C36H33ClF4N2O6/c1-3-49-31(47)17-28(26-15-22(14-24(33(26)38)21-8-9-21)32-19(2)5-4-6-29(32)45)42-35(48)34(25-13-20(18-44)7-10-27(25)37)43-12-11-23(16-30(43)46)36(39,40)41/h4-7,10-16,21,28,34,44-45H,3,8-9,17-18H2,1-2H3,(H,42,48)/t28-,34?/m0/s1. The molecule has 1 saturated carbocycles. The van der Waals surface area contributed by atoms with Crippen LogP contribution in [0.1, 0.15) is 77.6 Å². The zero-order chi connectivity index (χ0) is 35.6. The molecule has 3 aromatic carbocycles.